The lowest BCUT2D eigenvalue weighted by Crippen LogP contribution is -2.17. The Morgan fingerprint density at radius 1 is 1.44 bits per heavy atom. The van der Waals surface area contributed by atoms with E-state index in [-0.39, 0.29) is 11.5 Å². The van der Waals surface area contributed by atoms with Crippen LogP contribution >= 0.6 is 0 Å². The fraction of sp³-hybridized carbons (Fsp3) is 0.235. The second kappa shape index (κ2) is 6.39. The van der Waals surface area contributed by atoms with Crippen molar-refractivity contribution in [2.75, 3.05) is 24.3 Å². The van der Waals surface area contributed by atoms with Crippen molar-refractivity contribution in [3.63, 3.8) is 0 Å². The maximum Gasteiger partial charge on any atom is 0.332 e. The Kier molecular flexibility index (Phi) is 4.26. The zero-order valence-electron chi connectivity index (χ0n) is 14.5. The van der Waals surface area contributed by atoms with Gasteiger partial charge in [0.1, 0.15) is 11.3 Å². The van der Waals surface area contributed by atoms with Crippen LogP contribution in [-0.4, -0.2) is 33.6 Å². The maximum atomic E-state index is 13.7. The van der Waals surface area contributed by atoms with Gasteiger partial charge >= 0.3 is 5.69 Å². The summed E-state index contributed by atoms with van der Waals surface area (Å²) in [5, 5.41) is 3.02. The number of anilines is 3. The fourth-order valence-corrected chi connectivity index (χ4v) is 2.61. The van der Waals surface area contributed by atoms with Gasteiger partial charge in [-0.05, 0) is 32.0 Å². The number of H-pyrrole nitrogens is 1. The van der Waals surface area contributed by atoms with E-state index in [1.165, 1.54) is 16.7 Å². The van der Waals surface area contributed by atoms with Gasteiger partial charge in [-0.2, -0.15) is 4.98 Å². The quantitative estimate of drug-likeness (QED) is 0.762. The minimum Gasteiger partial charge on any atom is -0.386 e. The van der Waals surface area contributed by atoms with Crippen molar-refractivity contribution in [1.29, 1.82) is 0 Å². The molecule has 0 bridgehead atoms. The first-order chi connectivity index (χ1) is 12.0. The van der Waals surface area contributed by atoms with Gasteiger partial charge in [0.15, 0.2) is 5.65 Å². The van der Waals surface area contributed by atoms with Gasteiger partial charge in [0.05, 0.1) is 17.6 Å². The molecule has 7 nitrogen and oxygen atoms in total. The first-order valence-corrected chi connectivity index (χ1v) is 7.78. The number of hydrogen-bond acceptors (Lipinski definition) is 5. The highest BCUT2D eigenvalue weighted by atomic mass is 19.1. The van der Waals surface area contributed by atoms with Crippen LogP contribution in [0.25, 0.3) is 16.9 Å². The summed E-state index contributed by atoms with van der Waals surface area (Å²) in [6.07, 6.45) is 3.37. The van der Waals surface area contributed by atoms with Crippen molar-refractivity contribution >= 4 is 34.2 Å². The summed E-state index contributed by atoms with van der Waals surface area (Å²) in [6.45, 7) is 3.67. The van der Waals surface area contributed by atoms with Gasteiger partial charge in [-0.1, -0.05) is 6.08 Å². The fourth-order valence-electron chi connectivity index (χ4n) is 2.61. The number of rotatable bonds is 4. The van der Waals surface area contributed by atoms with E-state index in [1.807, 2.05) is 19.9 Å². The number of nitrogens with one attached hydrogen (secondary N) is 2. The van der Waals surface area contributed by atoms with Gasteiger partial charge in [0, 0.05) is 19.8 Å². The van der Waals surface area contributed by atoms with Crippen molar-refractivity contribution < 1.29 is 4.39 Å². The summed E-state index contributed by atoms with van der Waals surface area (Å²) in [6, 6.07) is 4.43. The Morgan fingerprint density at radius 3 is 2.88 bits per heavy atom. The smallest absolute Gasteiger partial charge is 0.332 e. The number of allylic oxidation sites excluding steroid dienone is 2. The molecular formula is C17H19FN6O. The lowest BCUT2D eigenvalue weighted by atomic mass is 10.2. The monoisotopic (exact) mass is 342 g/mol. The molecule has 0 amide bonds. The van der Waals surface area contributed by atoms with Crippen LogP contribution in [0.5, 0.6) is 0 Å². The van der Waals surface area contributed by atoms with E-state index in [2.05, 4.69) is 20.3 Å². The molecule has 3 aromatic rings. The van der Waals surface area contributed by atoms with E-state index in [0.717, 1.165) is 11.4 Å². The van der Waals surface area contributed by atoms with Crippen LogP contribution in [0.15, 0.2) is 35.3 Å². The highest BCUT2D eigenvalue weighted by Gasteiger charge is 2.16. The summed E-state index contributed by atoms with van der Waals surface area (Å²) < 4.78 is 15.2. The predicted octanol–water partition coefficient (Wildman–Crippen LogP) is 2.95. The van der Waals surface area contributed by atoms with Crippen molar-refractivity contribution in [3.05, 3.63) is 46.8 Å². The molecule has 3 rings (SSSR count). The van der Waals surface area contributed by atoms with Gasteiger partial charge in [-0.25, -0.2) is 18.7 Å². The minimum atomic E-state index is -0.356. The Bertz CT molecular complexity index is 1020. The lowest BCUT2D eigenvalue weighted by molar-refractivity contribution is 0.628. The molecule has 0 radical (unpaired) electrons. The van der Waals surface area contributed by atoms with Crippen LogP contribution in [-0.2, 0) is 0 Å². The molecule has 2 N–H and O–H groups in total. The van der Waals surface area contributed by atoms with Crippen LogP contribution in [0.1, 0.15) is 13.8 Å². The molecule has 1 aromatic carbocycles. The number of hydrogen-bond donors (Lipinski definition) is 2. The van der Waals surface area contributed by atoms with E-state index < -0.39 is 0 Å². The molecule has 0 saturated carbocycles. The van der Waals surface area contributed by atoms with Crippen LogP contribution in [0.2, 0.25) is 0 Å². The highest BCUT2D eigenvalue weighted by Crippen LogP contribution is 2.30. The molecule has 0 aliphatic heterocycles. The molecule has 0 aliphatic carbocycles. The normalized spacial score (nSPS) is 11.8. The summed E-state index contributed by atoms with van der Waals surface area (Å²) in [4.78, 5) is 25.4. The lowest BCUT2D eigenvalue weighted by Gasteiger charge is -2.20. The van der Waals surface area contributed by atoms with Crippen LogP contribution in [0.4, 0.5) is 21.7 Å². The summed E-state index contributed by atoms with van der Waals surface area (Å²) >= 11 is 0. The van der Waals surface area contributed by atoms with Crippen molar-refractivity contribution in [3.8, 4) is 0 Å². The molecule has 2 aromatic heterocycles. The number of benzene rings is 1. The number of aromatic amines is 1. The average Bonchev–Trinajstić information content (AvgIpc) is 2.95. The molecular weight excluding hydrogens is 323 g/mol. The van der Waals surface area contributed by atoms with E-state index in [4.69, 9.17) is 0 Å². The number of fused-ring (bicyclic) bond motifs is 1. The summed E-state index contributed by atoms with van der Waals surface area (Å²) in [5.74, 6) is -0.00325. The largest absolute Gasteiger partial charge is 0.386 e. The van der Waals surface area contributed by atoms with Crippen LogP contribution < -0.4 is 15.9 Å². The Balaban J connectivity index is 2.16. The molecule has 0 unspecified atom stereocenters. The zero-order chi connectivity index (χ0) is 18.1. The van der Waals surface area contributed by atoms with E-state index in [0.29, 0.717) is 22.8 Å². The van der Waals surface area contributed by atoms with Gasteiger partial charge in [0.2, 0.25) is 5.95 Å². The number of aromatic nitrogens is 4. The average molecular weight is 342 g/mol. The number of imidazole rings is 1. The minimum absolute atomic E-state index is 0.277. The topological polar surface area (TPSA) is 78.8 Å². The predicted molar refractivity (Wildman–Crippen MR) is 97.8 cm³/mol. The van der Waals surface area contributed by atoms with Crippen molar-refractivity contribution in [2.45, 2.75) is 13.8 Å². The number of nitrogens with zero attached hydrogens (tertiary/aromatic N) is 4. The third-order valence-corrected chi connectivity index (χ3v) is 4.07. The highest BCUT2D eigenvalue weighted by molar-refractivity contribution is 5.78. The Labute approximate surface area is 143 Å². The first kappa shape index (κ1) is 16.7. The van der Waals surface area contributed by atoms with Crippen molar-refractivity contribution in [1.82, 2.24) is 19.5 Å². The van der Waals surface area contributed by atoms with Crippen molar-refractivity contribution in [2.24, 2.45) is 0 Å². The second-order valence-corrected chi connectivity index (χ2v) is 5.57. The Morgan fingerprint density at radius 2 is 2.20 bits per heavy atom. The van der Waals surface area contributed by atoms with Crippen LogP contribution in [0.3, 0.4) is 0 Å². The standard InChI is InChI=1S/C17H19FN6O/c1-5-10(2)24-15-13(21-17(24)25)9-20-16(22-15)23(4)14-8-11(18)6-7-12(14)19-3/h5-9,19H,1-4H3,(H,21,25)/b10-5+. The maximum absolute atomic E-state index is 13.7. The van der Waals surface area contributed by atoms with Gasteiger partial charge in [-0.15, -0.1) is 0 Å². The molecule has 130 valence electrons. The third kappa shape index (κ3) is 2.86. The van der Waals surface area contributed by atoms with E-state index >= 15 is 0 Å². The molecule has 0 atom stereocenters. The number of halogens is 1. The zero-order valence-corrected chi connectivity index (χ0v) is 14.5. The SMILES string of the molecule is C/C=C(\C)n1c(=O)[nH]c2cnc(N(C)c3cc(F)ccc3NC)nc21. The molecule has 0 aliphatic rings. The molecule has 0 saturated heterocycles. The third-order valence-electron chi connectivity index (χ3n) is 4.07. The summed E-state index contributed by atoms with van der Waals surface area (Å²) in [5.41, 5.74) is 2.82. The molecule has 2 heterocycles. The molecule has 8 heteroatoms. The van der Waals surface area contributed by atoms with Crippen LogP contribution in [0, 0.1) is 5.82 Å². The first-order valence-electron chi connectivity index (χ1n) is 7.78. The van der Waals surface area contributed by atoms with Gasteiger partial charge < -0.3 is 15.2 Å². The van der Waals surface area contributed by atoms with E-state index in [9.17, 15) is 9.18 Å². The molecule has 0 fully saturated rings. The molecule has 0 spiro atoms. The summed E-state index contributed by atoms with van der Waals surface area (Å²) in [7, 11) is 3.50. The van der Waals surface area contributed by atoms with Gasteiger partial charge in [-0.3, -0.25) is 0 Å². The molecule has 25 heavy (non-hydrogen) atoms. The van der Waals surface area contributed by atoms with Gasteiger partial charge in [0.25, 0.3) is 0 Å². The second-order valence-electron chi connectivity index (χ2n) is 5.57. The Hall–Kier alpha value is -3.16. The van der Waals surface area contributed by atoms with E-state index in [1.54, 1.807) is 31.3 Å².